The SMILES string of the molecule is CCONC(=N)NS(=O)(=O)c1ccc(C)cc1. The van der Waals surface area contributed by atoms with Gasteiger partial charge in [-0.15, -0.1) is 0 Å². The van der Waals surface area contributed by atoms with Crippen molar-refractivity contribution in [3.05, 3.63) is 29.8 Å². The number of hydroxylamine groups is 1. The second kappa shape index (κ2) is 5.65. The van der Waals surface area contributed by atoms with Gasteiger partial charge in [0.05, 0.1) is 11.5 Å². The normalized spacial score (nSPS) is 10.9. The zero-order valence-corrected chi connectivity index (χ0v) is 10.5. The lowest BCUT2D eigenvalue weighted by Crippen LogP contribution is -2.40. The van der Waals surface area contributed by atoms with Crippen molar-refractivity contribution < 1.29 is 13.3 Å². The molecule has 0 aliphatic carbocycles. The van der Waals surface area contributed by atoms with Crippen molar-refractivity contribution in [1.82, 2.24) is 10.2 Å². The summed E-state index contributed by atoms with van der Waals surface area (Å²) in [6.07, 6.45) is 0. The van der Waals surface area contributed by atoms with Crippen LogP contribution in [0.5, 0.6) is 0 Å². The quantitative estimate of drug-likeness (QED) is 0.421. The van der Waals surface area contributed by atoms with E-state index in [1.54, 1.807) is 19.1 Å². The first kappa shape index (κ1) is 13.5. The van der Waals surface area contributed by atoms with Gasteiger partial charge in [0.25, 0.3) is 10.0 Å². The predicted molar refractivity (Wildman–Crippen MR) is 64.0 cm³/mol. The highest BCUT2D eigenvalue weighted by atomic mass is 32.2. The van der Waals surface area contributed by atoms with Gasteiger partial charge in [-0.05, 0) is 26.0 Å². The standard InChI is InChI=1S/C10H15N3O3S/c1-3-16-12-10(11)13-17(14,15)9-6-4-8(2)5-7-9/h4-7H,3H2,1-2H3,(H3,11,12,13). The molecule has 0 saturated heterocycles. The van der Waals surface area contributed by atoms with Gasteiger partial charge >= 0.3 is 0 Å². The van der Waals surface area contributed by atoms with Crippen molar-refractivity contribution in [2.75, 3.05) is 6.61 Å². The van der Waals surface area contributed by atoms with Crippen molar-refractivity contribution in [1.29, 1.82) is 5.41 Å². The molecule has 17 heavy (non-hydrogen) atoms. The Balaban J connectivity index is 2.75. The fourth-order valence-corrected chi connectivity index (χ4v) is 2.00. The molecule has 1 rings (SSSR count). The van der Waals surface area contributed by atoms with Crippen molar-refractivity contribution in [2.24, 2.45) is 0 Å². The fraction of sp³-hybridized carbons (Fsp3) is 0.300. The van der Waals surface area contributed by atoms with Gasteiger partial charge in [-0.1, -0.05) is 17.7 Å². The van der Waals surface area contributed by atoms with E-state index in [1.165, 1.54) is 12.1 Å². The van der Waals surface area contributed by atoms with Crippen LogP contribution in [0.2, 0.25) is 0 Å². The molecule has 0 aliphatic rings. The van der Waals surface area contributed by atoms with E-state index in [4.69, 9.17) is 10.2 Å². The largest absolute Gasteiger partial charge is 0.274 e. The number of hydrogen-bond donors (Lipinski definition) is 3. The third-order valence-corrected chi connectivity index (χ3v) is 3.25. The molecule has 0 fully saturated rings. The lowest BCUT2D eigenvalue weighted by molar-refractivity contribution is 0.0946. The maximum absolute atomic E-state index is 11.8. The molecule has 94 valence electrons. The van der Waals surface area contributed by atoms with Gasteiger partial charge in [-0.25, -0.2) is 18.6 Å². The highest BCUT2D eigenvalue weighted by molar-refractivity contribution is 7.90. The van der Waals surface area contributed by atoms with Crippen LogP contribution in [0.25, 0.3) is 0 Å². The maximum atomic E-state index is 11.8. The Labute approximate surface area is 101 Å². The molecule has 0 heterocycles. The molecule has 0 spiro atoms. The van der Waals surface area contributed by atoms with Crippen molar-refractivity contribution in [3.63, 3.8) is 0 Å². The number of aryl methyl sites for hydroxylation is 1. The summed E-state index contributed by atoms with van der Waals surface area (Å²) in [6.45, 7) is 3.91. The highest BCUT2D eigenvalue weighted by Crippen LogP contribution is 2.09. The molecule has 0 aromatic heterocycles. The first-order chi connectivity index (χ1) is 7.95. The van der Waals surface area contributed by atoms with E-state index in [9.17, 15) is 8.42 Å². The summed E-state index contributed by atoms with van der Waals surface area (Å²) in [4.78, 5) is 4.80. The molecule has 0 bridgehead atoms. The van der Waals surface area contributed by atoms with Crippen LogP contribution in [0.15, 0.2) is 29.2 Å². The van der Waals surface area contributed by atoms with Crippen LogP contribution < -0.4 is 10.2 Å². The topological polar surface area (TPSA) is 91.3 Å². The van der Waals surface area contributed by atoms with E-state index in [2.05, 4.69) is 5.48 Å². The monoisotopic (exact) mass is 257 g/mol. The Hall–Kier alpha value is -1.60. The molecule has 0 amide bonds. The summed E-state index contributed by atoms with van der Waals surface area (Å²) >= 11 is 0. The number of hydrogen-bond acceptors (Lipinski definition) is 4. The molecule has 0 radical (unpaired) electrons. The van der Waals surface area contributed by atoms with Gasteiger partial charge in [0, 0.05) is 0 Å². The lowest BCUT2D eigenvalue weighted by Gasteiger charge is -2.10. The summed E-state index contributed by atoms with van der Waals surface area (Å²) in [7, 11) is -3.72. The van der Waals surface area contributed by atoms with Crippen LogP contribution in [-0.4, -0.2) is 21.0 Å². The van der Waals surface area contributed by atoms with E-state index < -0.39 is 16.0 Å². The molecule has 0 saturated carbocycles. The van der Waals surface area contributed by atoms with Crippen LogP contribution in [0.3, 0.4) is 0 Å². The number of nitrogens with one attached hydrogen (secondary N) is 3. The first-order valence-corrected chi connectivity index (χ1v) is 6.50. The molecular weight excluding hydrogens is 242 g/mol. The van der Waals surface area contributed by atoms with Gasteiger partial charge in [0.1, 0.15) is 0 Å². The lowest BCUT2D eigenvalue weighted by atomic mass is 10.2. The van der Waals surface area contributed by atoms with Gasteiger partial charge in [-0.2, -0.15) is 0 Å². The first-order valence-electron chi connectivity index (χ1n) is 5.01. The Kier molecular flexibility index (Phi) is 4.47. The minimum atomic E-state index is -3.72. The molecule has 0 atom stereocenters. The van der Waals surface area contributed by atoms with Crippen LogP contribution in [0.1, 0.15) is 12.5 Å². The van der Waals surface area contributed by atoms with E-state index in [0.29, 0.717) is 6.61 Å². The molecule has 3 N–H and O–H groups in total. The second-order valence-corrected chi connectivity index (χ2v) is 5.01. The number of guanidine groups is 1. The van der Waals surface area contributed by atoms with Crippen molar-refractivity contribution in [2.45, 2.75) is 18.7 Å². The molecule has 1 aromatic carbocycles. The molecule has 7 heteroatoms. The fourth-order valence-electron chi connectivity index (χ4n) is 1.08. The molecule has 6 nitrogen and oxygen atoms in total. The third kappa shape index (κ3) is 4.04. The summed E-state index contributed by atoms with van der Waals surface area (Å²) in [5, 5.41) is 7.31. The Morgan fingerprint density at radius 2 is 1.94 bits per heavy atom. The van der Waals surface area contributed by atoms with Gasteiger partial charge in [0.15, 0.2) is 0 Å². The zero-order chi connectivity index (χ0) is 12.9. The van der Waals surface area contributed by atoms with E-state index >= 15 is 0 Å². The molecule has 1 aromatic rings. The highest BCUT2D eigenvalue weighted by Gasteiger charge is 2.15. The van der Waals surface area contributed by atoms with Gasteiger partial charge in [-0.3, -0.25) is 10.2 Å². The average Bonchev–Trinajstić information content (AvgIpc) is 2.26. The number of rotatable bonds is 4. The van der Waals surface area contributed by atoms with Gasteiger partial charge in [0.2, 0.25) is 5.96 Å². The van der Waals surface area contributed by atoms with Crippen LogP contribution in [0, 0.1) is 12.3 Å². The Bertz CT molecular complexity index is 482. The molecule has 0 aliphatic heterocycles. The molecular formula is C10H15N3O3S. The van der Waals surface area contributed by atoms with Crippen molar-refractivity contribution in [3.8, 4) is 0 Å². The summed E-state index contributed by atoms with van der Waals surface area (Å²) in [5.74, 6) is -0.424. The average molecular weight is 257 g/mol. The number of benzene rings is 1. The zero-order valence-electron chi connectivity index (χ0n) is 9.65. The van der Waals surface area contributed by atoms with E-state index in [1.807, 2.05) is 11.6 Å². The smallest absolute Gasteiger partial charge is 0.264 e. The van der Waals surface area contributed by atoms with Gasteiger partial charge < -0.3 is 0 Å². The van der Waals surface area contributed by atoms with E-state index in [0.717, 1.165) is 5.56 Å². The van der Waals surface area contributed by atoms with Crippen molar-refractivity contribution >= 4 is 16.0 Å². The number of sulfonamides is 1. The molecule has 0 unspecified atom stereocenters. The second-order valence-electron chi connectivity index (χ2n) is 3.33. The Morgan fingerprint density at radius 3 is 2.47 bits per heavy atom. The third-order valence-electron chi connectivity index (χ3n) is 1.89. The maximum Gasteiger partial charge on any atom is 0.264 e. The minimum Gasteiger partial charge on any atom is -0.274 e. The summed E-state index contributed by atoms with van der Waals surface area (Å²) in [6, 6.07) is 6.33. The summed E-state index contributed by atoms with van der Waals surface area (Å²) in [5.41, 5.74) is 3.13. The Morgan fingerprint density at radius 1 is 1.35 bits per heavy atom. The van der Waals surface area contributed by atoms with E-state index in [-0.39, 0.29) is 4.90 Å². The predicted octanol–water partition coefficient (Wildman–Crippen LogP) is 0.749. The minimum absolute atomic E-state index is 0.103. The van der Waals surface area contributed by atoms with Crippen LogP contribution in [-0.2, 0) is 14.9 Å². The summed E-state index contributed by atoms with van der Waals surface area (Å²) < 4.78 is 25.6. The van der Waals surface area contributed by atoms with Crippen LogP contribution in [0.4, 0.5) is 0 Å². The van der Waals surface area contributed by atoms with Crippen LogP contribution >= 0.6 is 0 Å².